The highest BCUT2D eigenvalue weighted by Gasteiger charge is 2.15. The van der Waals surface area contributed by atoms with Gasteiger partial charge in [-0.2, -0.15) is 4.98 Å². The van der Waals surface area contributed by atoms with Crippen molar-refractivity contribution in [1.82, 2.24) is 10.1 Å². The fourth-order valence-electron chi connectivity index (χ4n) is 2.05. The third-order valence-electron chi connectivity index (χ3n) is 3.17. The summed E-state index contributed by atoms with van der Waals surface area (Å²) in [6, 6.07) is 11.7. The molecule has 0 N–H and O–H groups in total. The fraction of sp³-hybridized carbons (Fsp3) is 0.0667. The van der Waals surface area contributed by atoms with Crippen molar-refractivity contribution in [2.45, 2.75) is 6.92 Å². The molecule has 0 saturated heterocycles. The normalized spacial score (nSPS) is 10.6. The molecule has 0 atom stereocenters. The Morgan fingerprint density at radius 3 is 2.45 bits per heavy atom. The van der Waals surface area contributed by atoms with Gasteiger partial charge in [0.1, 0.15) is 0 Å². The molecule has 2 aromatic carbocycles. The zero-order chi connectivity index (χ0) is 15.7. The average molecular weight is 316 g/mol. The zero-order valence-electron chi connectivity index (χ0n) is 11.5. The first-order valence-electron chi connectivity index (χ1n) is 6.39. The van der Waals surface area contributed by atoms with Crippen LogP contribution in [-0.4, -0.2) is 15.1 Å². The summed E-state index contributed by atoms with van der Waals surface area (Å²) in [5, 5.41) is 15.4. The molecule has 110 valence electrons. The number of nitro benzene ring substituents is 1. The highest BCUT2D eigenvalue weighted by molar-refractivity contribution is 6.30. The summed E-state index contributed by atoms with van der Waals surface area (Å²) in [5.41, 5.74) is 2.00. The Kier molecular flexibility index (Phi) is 3.60. The van der Waals surface area contributed by atoms with Crippen LogP contribution in [0.3, 0.4) is 0 Å². The quantitative estimate of drug-likeness (QED) is 0.532. The molecule has 0 radical (unpaired) electrons. The van der Waals surface area contributed by atoms with Crippen LogP contribution >= 0.6 is 11.6 Å². The van der Waals surface area contributed by atoms with Gasteiger partial charge < -0.3 is 4.52 Å². The van der Waals surface area contributed by atoms with Crippen LogP contribution in [0.1, 0.15) is 5.56 Å². The lowest BCUT2D eigenvalue weighted by Gasteiger charge is -1.98. The second-order valence-electron chi connectivity index (χ2n) is 4.69. The first kappa shape index (κ1) is 14.2. The summed E-state index contributed by atoms with van der Waals surface area (Å²) in [6.07, 6.45) is 0. The second kappa shape index (κ2) is 5.57. The van der Waals surface area contributed by atoms with E-state index in [0.717, 1.165) is 5.56 Å². The zero-order valence-corrected chi connectivity index (χ0v) is 12.2. The van der Waals surface area contributed by atoms with Crippen molar-refractivity contribution in [3.8, 4) is 22.8 Å². The molecule has 0 unspecified atom stereocenters. The van der Waals surface area contributed by atoms with Crippen LogP contribution in [0.15, 0.2) is 47.0 Å². The Hall–Kier alpha value is -2.73. The van der Waals surface area contributed by atoms with Crippen molar-refractivity contribution in [1.29, 1.82) is 0 Å². The van der Waals surface area contributed by atoms with Gasteiger partial charge in [0, 0.05) is 27.8 Å². The Balaban J connectivity index is 1.95. The summed E-state index contributed by atoms with van der Waals surface area (Å²) in [5.74, 6) is 0.741. The first-order valence-corrected chi connectivity index (χ1v) is 6.77. The molecule has 6 nitrogen and oxygen atoms in total. The van der Waals surface area contributed by atoms with Crippen LogP contribution in [-0.2, 0) is 0 Å². The summed E-state index contributed by atoms with van der Waals surface area (Å²) in [4.78, 5) is 14.7. The number of nitrogens with zero attached hydrogens (tertiary/aromatic N) is 3. The van der Waals surface area contributed by atoms with E-state index >= 15 is 0 Å². The molecule has 1 aromatic heterocycles. The third kappa shape index (κ3) is 2.68. The number of nitro groups is 1. The Morgan fingerprint density at radius 2 is 1.82 bits per heavy atom. The van der Waals surface area contributed by atoms with E-state index in [2.05, 4.69) is 10.1 Å². The van der Waals surface area contributed by atoms with Crippen LogP contribution in [0.25, 0.3) is 22.8 Å². The third-order valence-corrected chi connectivity index (χ3v) is 3.42. The maximum Gasteiger partial charge on any atom is 0.272 e. The van der Waals surface area contributed by atoms with E-state index in [1.54, 1.807) is 43.3 Å². The van der Waals surface area contributed by atoms with Gasteiger partial charge in [-0.1, -0.05) is 16.8 Å². The van der Waals surface area contributed by atoms with Gasteiger partial charge in [0.05, 0.1) is 4.92 Å². The maximum atomic E-state index is 10.8. The van der Waals surface area contributed by atoms with Crippen LogP contribution in [0.2, 0.25) is 5.02 Å². The monoisotopic (exact) mass is 315 g/mol. The van der Waals surface area contributed by atoms with Gasteiger partial charge in [0.25, 0.3) is 11.6 Å². The average Bonchev–Trinajstić information content (AvgIpc) is 2.97. The van der Waals surface area contributed by atoms with Gasteiger partial charge in [-0.05, 0) is 43.3 Å². The van der Waals surface area contributed by atoms with E-state index in [9.17, 15) is 10.1 Å². The molecule has 1 heterocycles. The highest BCUT2D eigenvalue weighted by Crippen LogP contribution is 2.27. The largest absolute Gasteiger partial charge is 0.334 e. The summed E-state index contributed by atoms with van der Waals surface area (Å²) in [6.45, 7) is 1.66. The Bertz CT molecular complexity index is 843. The van der Waals surface area contributed by atoms with Crippen molar-refractivity contribution in [2.75, 3.05) is 0 Å². The number of hydrogen-bond donors (Lipinski definition) is 0. The van der Waals surface area contributed by atoms with Gasteiger partial charge in [-0.15, -0.1) is 0 Å². The van der Waals surface area contributed by atoms with E-state index in [4.69, 9.17) is 16.1 Å². The standard InChI is InChI=1S/C15H10ClN3O3/c1-9-8-11(4-7-13(9)19(20)21)15-17-14(18-22-15)10-2-5-12(16)6-3-10/h2-8H,1H3. The molecule has 3 aromatic rings. The summed E-state index contributed by atoms with van der Waals surface area (Å²) < 4.78 is 5.23. The number of aromatic nitrogens is 2. The van der Waals surface area contributed by atoms with Gasteiger partial charge in [0.15, 0.2) is 0 Å². The van der Waals surface area contributed by atoms with E-state index in [1.807, 2.05) is 0 Å². The van der Waals surface area contributed by atoms with Crippen LogP contribution in [0, 0.1) is 17.0 Å². The smallest absolute Gasteiger partial charge is 0.272 e. The molecular formula is C15H10ClN3O3. The van der Waals surface area contributed by atoms with E-state index in [1.165, 1.54) is 6.07 Å². The molecule has 0 aliphatic carbocycles. The Labute approximate surface area is 130 Å². The molecule has 22 heavy (non-hydrogen) atoms. The molecule has 0 aliphatic rings. The lowest BCUT2D eigenvalue weighted by molar-refractivity contribution is -0.385. The summed E-state index contributed by atoms with van der Waals surface area (Å²) >= 11 is 5.84. The second-order valence-corrected chi connectivity index (χ2v) is 5.12. The number of hydrogen-bond acceptors (Lipinski definition) is 5. The molecule has 7 heteroatoms. The lowest BCUT2D eigenvalue weighted by Crippen LogP contribution is -1.91. The van der Waals surface area contributed by atoms with Gasteiger partial charge in [0.2, 0.25) is 5.82 Å². The van der Waals surface area contributed by atoms with Crippen molar-refractivity contribution < 1.29 is 9.45 Å². The van der Waals surface area contributed by atoms with Gasteiger partial charge >= 0.3 is 0 Å². The SMILES string of the molecule is Cc1cc(-c2nc(-c3ccc(Cl)cc3)no2)ccc1[N+](=O)[O-]. The van der Waals surface area contributed by atoms with E-state index < -0.39 is 4.92 Å². The number of aryl methyl sites for hydroxylation is 1. The van der Waals surface area contributed by atoms with Crippen molar-refractivity contribution in [3.63, 3.8) is 0 Å². The van der Waals surface area contributed by atoms with Crippen LogP contribution in [0.4, 0.5) is 5.69 Å². The topological polar surface area (TPSA) is 82.1 Å². The molecule has 0 fully saturated rings. The number of halogens is 1. The molecule has 0 saturated carbocycles. The predicted molar refractivity (Wildman–Crippen MR) is 81.6 cm³/mol. The van der Waals surface area contributed by atoms with E-state index in [0.29, 0.717) is 27.9 Å². The van der Waals surface area contributed by atoms with Crippen molar-refractivity contribution >= 4 is 17.3 Å². The molecule has 3 rings (SSSR count). The number of rotatable bonds is 3. The van der Waals surface area contributed by atoms with Crippen molar-refractivity contribution in [3.05, 3.63) is 63.2 Å². The summed E-state index contributed by atoms with van der Waals surface area (Å²) in [7, 11) is 0. The van der Waals surface area contributed by atoms with Crippen LogP contribution < -0.4 is 0 Å². The maximum absolute atomic E-state index is 10.8. The minimum Gasteiger partial charge on any atom is -0.334 e. The van der Waals surface area contributed by atoms with Crippen molar-refractivity contribution in [2.24, 2.45) is 0 Å². The number of benzene rings is 2. The molecule has 0 bridgehead atoms. The molecule has 0 aliphatic heterocycles. The fourth-order valence-corrected chi connectivity index (χ4v) is 2.18. The highest BCUT2D eigenvalue weighted by atomic mass is 35.5. The van der Waals surface area contributed by atoms with Gasteiger partial charge in [-0.25, -0.2) is 0 Å². The molecular weight excluding hydrogens is 306 g/mol. The molecule has 0 spiro atoms. The lowest BCUT2D eigenvalue weighted by atomic mass is 10.1. The van der Waals surface area contributed by atoms with Gasteiger partial charge in [-0.3, -0.25) is 10.1 Å². The van der Waals surface area contributed by atoms with E-state index in [-0.39, 0.29) is 5.69 Å². The minimum absolute atomic E-state index is 0.0567. The first-order chi connectivity index (χ1) is 10.5. The van der Waals surface area contributed by atoms with Crippen LogP contribution in [0.5, 0.6) is 0 Å². The Morgan fingerprint density at radius 1 is 1.14 bits per heavy atom. The minimum atomic E-state index is -0.425. The molecule has 0 amide bonds. The predicted octanol–water partition coefficient (Wildman–Crippen LogP) is 4.27.